The quantitative estimate of drug-likeness (QED) is 0.677. The molecule has 0 heterocycles. The minimum absolute atomic E-state index is 0.0794. The fourth-order valence-corrected chi connectivity index (χ4v) is 2.06. The molecular formula is C13H15F3N2O. The molecule has 1 aromatic rings. The molecule has 0 unspecified atom stereocenters. The van der Waals surface area contributed by atoms with Gasteiger partial charge >= 0.3 is 6.18 Å². The van der Waals surface area contributed by atoms with E-state index in [4.69, 9.17) is 5.73 Å². The maximum atomic E-state index is 12.6. The van der Waals surface area contributed by atoms with E-state index in [1.54, 1.807) is 0 Å². The van der Waals surface area contributed by atoms with E-state index in [1.807, 2.05) is 0 Å². The minimum atomic E-state index is -4.25. The largest absolute Gasteiger partial charge is 0.405 e. The number of anilines is 2. The molecule has 6 heteroatoms. The molecule has 0 atom stereocenters. The normalized spacial score (nSPS) is 15.4. The first-order valence-corrected chi connectivity index (χ1v) is 6.02. The van der Waals surface area contributed by atoms with Crippen molar-refractivity contribution in [2.75, 3.05) is 17.2 Å². The van der Waals surface area contributed by atoms with E-state index < -0.39 is 12.7 Å². The average molecular weight is 272 g/mol. The summed E-state index contributed by atoms with van der Waals surface area (Å²) in [6, 6.07) is 4.38. The maximum Gasteiger partial charge on any atom is 0.405 e. The summed E-state index contributed by atoms with van der Waals surface area (Å²) in [5.41, 5.74) is 6.69. The van der Waals surface area contributed by atoms with Crippen LogP contribution in [0.3, 0.4) is 0 Å². The Labute approximate surface area is 109 Å². The SMILES string of the molecule is CC(=O)c1ccc(N(CC(F)(F)F)C2CC2)cc1N. The molecule has 3 nitrogen and oxygen atoms in total. The summed E-state index contributed by atoms with van der Waals surface area (Å²) < 4.78 is 37.7. The number of nitrogens with two attached hydrogens (primary N) is 1. The van der Waals surface area contributed by atoms with Crippen molar-refractivity contribution in [2.45, 2.75) is 32.0 Å². The highest BCUT2D eigenvalue weighted by Crippen LogP contribution is 2.35. The molecule has 1 aliphatic rings. The Bertz CT molecular complexity index is 495. The van der Waals surface area contributed by atoms with Crippen LogP contribution in [-0.2, 0) is 0 Å². The first kappa shape index (κ1) is 13.7. The van der Waals surface area contributed by atoms with E-state index in [9.17, 15) is 18.0 Å². The Balaban J connectivity index is 2.27. The van der Waals surface area contributed by atoms with Crippen molar-refractivity contribution in [1.82, 2.24) is 0 Å². The predicted octanol–water partition coefficient (Wildman–Crippen LogP) is 3.00. The summed E-state index contributed by atoms with van der Waals surface area (Å²) in [5.74, 6) is -0.196. The van der Waals surface area contributed by atoms with Crippen molar-refractivity contribution in [1.29, 1.82) is 0 Å². The van der Waals surface area contributed by atoms with E-state index in [1.165, 1.54) is 30.0 Å². The molecule has 2 rings (SSSR count). The zero-order valence-corrected chi connectivity index (χ0v) is 10.5. The Morgan fingerprint density at radius 3 is 2.47 bits per heavy atom. The van der Waals surface area contributed by atoms with Gasteiger partial charge in [-0.2, -0.15) is 13.2 Å². The number of alkyl halides is 3. The number of hydrogen-bond acceptors (Lipinski definition) is 3. The third kappa shape index (κ3) is 3.39. The van der Waals surface area contributed by atoms with E-state index in [2.05, 4.69) is 0 Å². The number of rotatable bonds is 4. The third-order valence-electron chi connectivity index (χ3n) is 3.08. The monoisotopic (exact) mass is 272 g/mol. The first-order valence-electron chi connectivity index (χ1n) is 6.02. The van der Waals surface area contributed by atoms with Crippen LogP contribution in [0.2, 0.25) is 0 Å². The molecule has 0 bridgehead atoms. The molecule has 0 spiro atoms. The summed E-state index contributed by atoms with van der Waals surface area (Å²) >= 11 is 0. The molecular weight excluding hydrogens is 257 g/mol. The van der Waals surface area contributed by atoms with E-state index >= 15 is 0 Å². The summed E-state index contributed by atoms with van der Waals surface area (Å²) in [4.78, 5) is 12.6. The number of halogens is 3. The number of benzene rings is 1. The lowest BCUT2D eigenvalue weighted by atomic mass is 10.1. The van der Waals surface area contributed by atoms with E-state index in [-0.39, 0.29) is 17.5 Å². The molecule has 1 fully saturated rings. The van der Waals surface area contributed by atoms with Gasteiger partial charge in [-0.15, -0.1) is 0 Å². The van der Waals surface area contributed by atoms with Crippen LogP contribution in [0.1, 0.15) is 30.1 Å². The maximum absolute atomic E-state index is 12.6. The number of nitrogen functional groups attached to an aromatic ring is 1. The lowest BCUT2D eigenvalue weighted by Crippen LogP contribution is -2.36. The highest BCUT2D eigenvalue weighted by molar-refractivity contribution is 5.99. The molecule has 1 aliphatic carbocycles. The van der Waals surface area contributed by atoms with Gasteiger partial charge in [-0.3, -0.25) is 4.79 Å². The number of hydrogen-bond donors (Lipinski definition) is 1. The highest BCUT2D eigenvalue weighted by Gasteiger charge is 2.38. The van der Waals surface area contributed by atoms with Crippen LogP contribution < -0.4 is 10.6 Å². The van der Waals surface area contributed by atoms with Crippen LogP contribution in [0.4, 0.5) is 24.5 Å². The van der Waals surface area contributed by atoms with Crippen molar-refractivity contribution in [3.8, 4) is 0 Å². The van der Waals surface area contributed by atoms with Gasteiger partial charge in [-0.1, -0.05) is 0 Å². The van der Waals surface area contributed by atoms with Crippen LogP contribution in [-0.4, -0.2) is 24.5 Å². The zero-order valence-electron chi connectivity index (χ0n) is 10.5. The highest BCUT2D eigenvalue weighted by atomic mass is 19.4. The second kappa shape index (κ2) is 4.75. The second-order valence-corrected chi connectivity index (χ2v) is 4.80. The molecule has 0 aliphatic heterocycles. The van der Waals surface area contributed by atoms with E-state index in [0.717, 1.165) is 12.8 Å². The van der Waals surface area contributed by atoms with Crippen LogP contribution >= 0.6 is 0 Å². The predicted molar refractivity (Wildman–Crippen MR) is 67.3 cm³/mol. The number of carbonyl (C=O) groups is 1. The second-order valence-electron chi connectivity index (χ2n) is 4.80. The van der Waals surface area contributed by atoms with Crippen LogP contribution in [0.15, 0.2) is 18.2 Å². The lowest BCUT2D eigenvalue weighted by molar-refractivity contribution is -0.120. The van der Waals surface area contributed by atoms with Gasteiger partial charge in [-0.25, -0.2) is 0 Å². The zero-order chi connectivity index (χ0) is 14.2. The Kier molecular flexibility index (Phi) is 3.43. The fourth-order valence-electron chi connectivity index (χ4n) is 2.06. The number of carbonyl (C=O) groups excluding carboxylic acids is 1. The van der Waals surface area contributed by atoms with Crippen LogP contribution in [0, 0.1) is 0 Å². The number of Topliss-reactive ketones (excluding diaryl/α,β-unsaturated/α-hetero) is 1. The summed E-state index contributed by atoms with van der Waals surface area (Å²) in [6.07, 6.45) is -2.74. The van der Waals surface area contributed by atoms with Crippen molar-refractivity contribution in [3.05, 3.63) is 23.8 Å². The van der Waals surface area contributed by atoms with E-state index in [0.29, 0.717) is 11.3 Å². The lowest BCUT2D eigenvalue weighted by Gasteiger charge is -2.26. The van der Waals surface area contributed by atoms with Crippen molar-refractivity contribution in [2.24, 2.45) is 0 Å². The number of nitrogens with zero attached hydrogens (tertiary/aromatic N) is 1. The first-order chi connectivity index (χ1) is 8.78. The van der Waals surface area contributed by atoms with Gasteiger partial charge in [0.1, 0.15) is 6.54 Å². The van der Waals surface area contributed by atoms with Gasteiger partial charge < -0.3 is 10.6 Å². The molecule has 1 saturated carbocycles. The molecule has 2 N–H and O–H groups in total. The number of ketones is 1. The smallest absolute Gasteiger partial charge is 0.398 e. The van der Waals surface area contributed by atoms with Crippen molar-refractivity contribution < 1.29 is 18.0 Å². The molecule has 19 heavy (non-hydrogen) atoms. The third-order valence-corrected chi connectivity index (χ3v) is 3.08. The van der Waals surface area contributed by atoms with Gasteiger partial charge in [0.15, 0.2) is 5.78 Å². The average Bonchev–Trinajstić information content (AvgIpc) is 3.07. The Morgan fingerprint density at radius 2 is 2.05 bits per heavy atom. The molecule has 1 aromatic carbocycles. The Morgan fingerprint density at radius 1 is 1.42 bits per heavy atom. The summed E-state index contributed by atoms with van der Waals surface area (Å²) in [6.45, 7) is 0.385. The minimum Gasteiger partial charge on any atom is -0.398 e. The van der Waals surface area contributed by atoms with Gasteiger partial charge in [0, 0.05) is 23.0 Å². The molecule has 0 saturated heterocycles. The van der Waals surface area contributed by atoms with Gasteiger partial charge in [0.05, 0.1) is 0 Å². The van der Waals surface area contributed by atoms with Gasteiger partial charge in [0.25, 0.3) is 0 Å². The molecule has 0 radical (unpaired) electrons. The standard InChI is InChI=1S/C13H15F3N2O/c1-8(19)11-5-4-10(6-12(11)17)18(9-2-3-9)7-13(14,15)16/h4-6,9H,2-3,7,17H2,1H3. The van der Waals surface area contributed by atoms with Gasteiger partial charge in [0.2, 0.25) is 0 Å². The van der Waals surface area contributed by atoms with Crippen LogP contribution in [0.25, 0.3) is 0 Å². The van der Waals surface area contributed by atoms with Crippen LogP contribution in [0.5, 0.6) is 0 Å². The molecule has 0 amide bonds. The molecule has 104 valence electrons. The topological polar surface area (TPSA) is 46.3 Å². The Hall–Kier alpha value is -1.72. The van der Waals surface area contributed by atoms with Gasteiger partial charge in [-0.05, 0) is 38.0 Å². The summed E-state index contributed by atoms with van der Waals surface area (Å²) in [7, 11) is 0. The summed E-state index contributed by atoms with van der Waals surface area (Å²) in [5, 5.41) is 0. The van der Waals surface area contributed by atoms with Crippen molar-refractivity contribution >= 4 is 17.2 Å². The fraction of sp³-hybridized carbons (Fsp3) is 0.462. The van der Waals surface area contributed by atoms with Crippen molar-refractivity contribution in [3.63, 3.8) is 0 Å². The molecule has 0 aromatic heterocycles.